The van der Waals surface area contributed by atoms with Gasteiger partial charge in [-0.3, -0.25) is 9.69 Å². The van der Waals surface area contributed by atoms with Crippen molar-refractivity contribution in [2.45, 2.75) is 81.8 Å². The highest BCUT2D eigenvalue weighted by Gasteiger charge is 2.44. The lowest BCUT2D eigenvalue weighted by atomic mass is 9.70. The van der Waals surface area contributed by atoms with Crippen molar-refractivity contribution >= 4 is 16.9 Å². The zero-order valence-electron chi connectivity index (χ0n) is 24.3. The van der Waals surface area contributed by atoms with Gasteiger partial charge in [-0.05, 0) is 86.7 Å². The van der Waals surface area contributed by atoms with E-state index in [0.717, 1.165) is 56.4 Å². The topological polar surface area (TPSA) is 41.4 Å². The Morgan fingerprint density at radius 3 is 2.15 bits per heavy atom. The Bertz CT molecular complexity index is 1470. The Morgan fingerprint density at radius 1 is 0.829 bits per heavy atom. The first-order chi connectivity index (χ1) is 20.1. The van der Waals surface area contributed by atoms with E-state index in [0.29, 0.717) is 18.1 Å². The molecule has 212 valence electrons. The Balaban J connectivity index is 1.07. The van der Waals surface area contributed by atoms with E-state index in [1.165, 1.54) is 42.6 Å². The van der Waals surface area contributed by atoms with E-state index < -0.39 is 0 Å². The fourth-order valence-electron chi connectivity index (χ4n) is 8.29. The van der Waals surface area contributed by atoms with Gasteiger partial charge < -0.3 is 9.47 Å². The highest BCUT2D eigenvalue weighted by Crippen LogP contribution is 2.45. The summed E-state index contributed by atoms with van der Waals surface area (Å²) in [7, 11) is 0. The van der Waals surface area contributed by atoms with Crippen molar-refractivity contribution in [1.29, 1.82) is 0 Å². The Kier molecular flexibility index (Phi) is 7.16. The van der Waals surface area contributed by atoms with Crippen molar-refractivity contribution in [3.63, 3.8) is 0 Å². The molecule has 3 saturated heterocycles. The van der Waals surface area contributed by atoms with Crippen LogP contribution < -0.4 is 0 Å². The number of imidazole rings is 1. The normalized spacial score (nSPS) is 24.1. The van der Waals surface area contributed by atoms with E-state index in [9.17, 15) is 4.79 Å². The third kappa shape index (κ3) is 4.88. The SMILES string of the molecule is CCc1nc2ccccc2n1C1CC2CCC(C1)N2CCC1(c2ccccc2)CCN(C(=O)c2ccccc2)CC1. The number of para-hydroxylation sites is 2. The molecule has 1 aromatic heterocycles. The number of carbonyl (C=O) groups excluding carboxylic acids is 1. The molecule has 4 heterocycles. The van der Waals surface area contributed by atoms with Crippen LogP contribution in [0.1, 0.15) is 79.7 Å². The molecule has 7 rings (SSSR count). The summed E-state index contributed by atoms with van der Waals surface area (Å²) in [6, 6.07) is 31.5. The van der Waals surface area contributed by atoms with Gasteiger partial charge >= 0.3 is 0 Å². The number of nitrogens with zero attached hydrogens (tertiary/aromatic N) is 4. The maximum absolute atomic E-state index is 13.2. The second-order valence-corrected chi connectivity index (χ2v) is 12.5. The first kappa shape index (κ1) is 26.5. The molecule has 2 atom stereocenters. The molecule has 0 N–H and O–H groups in total. The summed E-state index contributed by atoms with van der Waals surface area (Å²) < 4.78 is 2.59. The molecule has 5 nitrogen and oxygen atoms in total. The Morgan fingerprint density at radius 2 is 1.46 bits per heavy atom. The fourth-order valence-corrected chi connectivity index (χ4v) is 8.29. The molecule has 2 unspecified atom stereocenters. The number of aromatic nitrogens is 2. The van der Waals surface area contributed by atoms with Gasteiger partial charge in [-0.2, -0.15) is 0 Å². The standard InChI is InChI=1S/C36H42N4O/c1-2-34-37-32-15-9-10-16-33(32)40(34)31-25-29-17-18-30(26-31)39(29)24-21-36(28-13-7-4-8-14-28)19-22-38(23-20-36)35(41)27-11-5-3-6-12-27/h3-16,29-31H,2,17-26H2,1H3. The minimum Gasteiger partial charge on any atom is -0.339 e. The van der Waals surface area contributed by atoms with Crippen LogP contribution in [0.3, 0.4) is 0 Å². The van der Waals surface area contributed by atoms with Gasteiger partial charge in [0.2, 0.25) is 0 Å². The predicted octanol–water partition coefficient (Wildman–Crippen LogP) is 7.03. The average Bonchev–Trinajstić information content (AvgIpc) is 3.53. The first-order valence-corrected chi connectivity index (χ1v) is 15.8. The minimum absolute atomic E-state index is 0.126. The molecular formula is C36H42N4O. The van der Waals surface area contributed by atoms with Crippen molar-refractivity contribution in [3.8, 4) is 0 Å². The highest BCUT2D eigenvalue weighted by molar-refractivity contribution is 5.94. The van der Waals surface area contributed by atoms with Gasteiger partial charge in [0.15, 0.2) is 0 Å². The quantitative estimate of drug-likeness (QED) is 0.250. The number of hydrogen-bond donors (Lipinski definition) is 0. The second-order valence-electron chi connectivity index (χ2n) is 12.5. The van der Waals surface area contributed by atoms with Crippen molar-refractivity contribution in [2.75, 3.05) is 19.6 Å². The van der Waals surface area contributed by atoms with Gasteiger partial charge in [-0.25, -0.2) is 4.98 Å². The van der Waals surface area contributed by atoms with E-state index in [4.69, 9.17) is 4.98 Å². The first-order valence-electron chi connectivity index (χ1n) is 15.8. The summed E-state index contributed by atoms with van der Waals surface area (Å²) in [6.45, 7) is 5.04. The van der Waals surface area contributed by atoms with Crippen LogP contribution in [0.4, 0.5) is 0 Å². The van der Waals surface area contributed by atoms with Gasteiger partial charge in [-0.1, -0.05) is 67.6 Å². The summed E-state index contributed by atoms with van der Waals surface area (Å²) >= 11 is 0. The molecule has 3 aliphatic rings. The molecule has 0 radical (unpaired) electrons. The summed E-state index contributed by atoms with van der Waals surface area (Å²) in [4.78, 5) is 23.2. The summed E-state index contributed by atoms with van der Waals surface area (Å²) in [5, 5.41) is 0. The van der Waals surface area contributed by atoms with Crippen LogP contribution in [0.2, 0.25) is 0 Å². The van der Waals surface area contributed by atoms with Gasteiger partial charge in [-0.15, -0.1) is 0 Å². The smallest absolute Gasteiger partial charge is 0.253 e. The van der Waals surface area contributed by atoms with Crippen molar-refractivity contribution in [2.24, 2.45) is 0 Å². The molecule has 1 amide bonds. The van der Waals surface area contributed by atoms with Gasteiger partial charge in [0.1, 0.15) is 5.82 Å². The number of piperidine rings is 2. The number of aryl methyl sites for hydroxylation is 1. The molecule has 0 aliphatic carbocycles. The van der Waals surface area contributed by atoms with E-state index in [2.05, 4.69) is 75.9 Å². The van der Waals surface area contributed by atoms with Gasteiger partial charge in [0, 0.05) is 43.2 Å². The maximum atomic E-state index is 13.2. The largest absolute Gasteiger partial charge is 0.339 e. The summed E-state index contributed by atoms with van der Waals surface area (Å²) in [5.41, 5.74) is 4.83. The highest BCUT2D eigenvalue weighted by atomic mass is 16.2. The lowest BCUT2D eigenvalue weighted by Crippen LogP contribution is -2.49. The van der Waals surface area contributed by atoms with Crippen molar-refractivity contribution in [3.05, 3.63) is 102 Å². The molecule has 4 aromatic rings. The van der Waals surface area contributed by atoms with Crippen LogP contribution in [0.25, 0.3) is 11.0 Å². The molecule has 41 heavy (non-hydrogen) atoms. The van der Waals surface area contributed by atoms with Crippen molar-refractivity contribution in [1.82, 2.24) is 19.4 Å². The molecule has 3 aliphatic heterocycles. The fraction of sp³-hybridized carbons (Fsp3) is 0.444. The lowest BCUT2D eigenvalue weighted by Gasteiger charge is -2.45. The maximum Gasteiger partial charge on any atom is 0.253 e. The van der Waals surface area contributed by atoms with Crippen LogP contribution in [0.5, 0.6) is 0 Å². The molecule has 5 heteroatoms. The number of amides is 1. The van der Waals surface area contributed by atoms with Crippen LogP contribution in [-0.4, -0.2) is 57.0 Å². The van der Waals surface area contributed by atoms with Crippen LogP contribution >= 0.6 is 0 Å². The summed E-state index contributed by atoms with van der Waals surface area (Å²) in [6.07, 6.45) is 9.28. The molecular weight excluding hydrogens is 504 g/mol. The number of hydrogen-bond acceptors (Lipinski definition) is 3. The predicted molar refractivity (Wildman–Crippen MR) is 165 cm³/mol. The van der Waals surface area contributed by atoms with E-state index in [1.54, 1.807) is 0 Å². The Hall–Kier alpha value is -3.44. The molecule has 0 spiro atoms. The molecule has 0 saturated carbocycles. The third-order valence-electron chi connectivity index (χ3n) is 10.5. The third-order valence-corrected chi connectivity index (χ3v) is 10.5. The minimum atomic E-state index is 0.126. The van der Waals surface area contributed by atoms with Crippen LogP contribution in [0, 0.1) is 0 Å². The number of rotatable bonds is 7. The average molecular weight is 547 g/mol. The van der Waals surface area contributed by atoms with Crippen LogP contribution in [-0.2, 0) is 11.8 Å². The Labute approximate surface area is 244 Å². The number of fused-ring (bicyclic) bond motifs is 3. The van der Waals surface area contributed by atoms with Crippen molar-refractivity contribution < 1.29 is 4.79 Å². The summed E-state index contributed by atoms with van der Waals surface area (Å²) in [5.74, 6) is 1.41. The molecule has 3 fully saturated rings. The zero-order chi connectivity index (χ0) is 27.8. The van der Waals surface area contributed by atoms with Gasteiger partial charge in [0.25, 0.3) is 5.91 Å². The zero-order valence-corrected chi connectivity index (χ0v) is 24.3. The van der Waals surface area contributed by atoms with E-state index >= 15 is 0 Å². The van der Waals surface area contributed by atoms with E-state index in [-0.39, 0.29) is 11.3 Å². The number of carbonyl (C=O) groups is 1. The van der Waals surface area contributed by atoms with Gasteiger partial charge in [0.05, 0.1) is 11.0 Å². The second kappa shape index (κ2) is 11.1. The molecule has 3 aromatic carbocycles. The molecule has 2 bridgehead atoms. The van der Waals surface area contributed by atoms with E-state index in [1.807, 2.05) is 30.3 Å². The monoisotopic (exact) mass is 546 g/mol. The van der Waals surface area contributed by atoms with Crippen LogP contribution in [0.15, 0.2) is 84.9 Å². The number of benzene rings is 3. The lowest BCUT2D eigenvalue weighted by molar-refractivity contribution is 0.0606. The number of likely N-dealkylation sites (tertiary alicyclic amines) is 1.